The van der Waals surface area contributed by atoms with E-state index in [4.69, 9.17) is 0 Å². The predicted octanol–water partition coefficient (Wildman–Crippen LogP) is 5.85. The molecule has 0 bridgehead atoms. The summed E-state index contributed by atoms with van der Waals surface area (Å²) in [5.41, 5.74) is 4.20. The van der Waals surface area contributed by atoms with Gasteiger partial charge in [0, 0.05) is 23.4 Å². The lowest BCUT2D eigenvalue weighted by atomic mass is 9.99. The molecule has 1 atom stereocenters. The molecule has 1 unspecified atom stereocenters. The molecule has 26 heavy (non-hydrogen) atoms. The minimum atomic E-state index is 0.0368. The number of nitrogens with zero attached hydrogens (tertiary/aromatic N) is 1. The molecule has 1 amide bonds. The normalized spacial score (nSPS) is 16.0. The minimum absolute atomic E-state index is 0.0368. The highest BCUT2D eigenvalue weighted by molar-refractivity contribution is 6.00. The fourth-order valence-corrected chi connectivity index (χ4v) is 3.51. The third-order valence-electron chi connectivity index (χ3n) is 4.83. The molecule has 3 heteroatoms. The van der Waals surface area contributed by atoms with Gasteiger partial charge in [0.05, 0.1) is 11.7 Å². The highest BCUT2D eigenvalue weighted by atomic mass is 16.2. The Morgan fingerprint density at radius 2 is 1.73 bits per heavy atom. The summed E-state index contributed by atoms with van der Waals surface area (Å²) in [6.07, 6.45) is 7.26. The van der Waals surface area contributed by atoms with Crippen LogP contribution in [0.3, 0.4) is 0 Å². The Morgan fingerprint density at radius 3 is 2.50 bits per heavy atom. The van der Waals surface area contributed by atoms with Gasteiger partial charge in [0.1, 0.15) is 0 Å². The lowest BCUT2D eigenvalue weighted by Gasteiger charge is -2.34. The van der Waals surface area contributed by atoms with E-state index < -0.39 is 0 Å². The van der Waals surface area contributed by atoms with Crippen molar-refractivity contribution < 1.29 is 4.79 Å². The minimum Gasteiger partial charge on any atom is -0.355 e. The SMILES string of the molecule is CCCCCCC(=O)N1c2ccccc2C(Nc2ccccc2)=CC1C. The van der Waals surface area contributed by atoms with E-state index >= 15 is 0 Å². The average molecular weight is 348 g/mol. The Morgan fingerprint density at radius 1 is 1.00 bits per heavy atom. The second-order valence-corrected chi connectivity index (χ2v) is 6.90. The van der Waals surface area contributed by atoms with E-state index in [1.54, 1.807) is 0 Å². The Kier molecular flexibility index (Phi) is 6.11. The molecule has 1 N–H and O–H groups in total. The van der Waals surface area contributed by atoms with Gasteiger partial charge in [0.25, 0.3) is 0 Å². The van der Waals surface area contributed by atoms with Crippen molar-refractivity contribution in [1.29, 1.82) is 0 Å². The van der Waals surface area contributed by atoms with Gasteiger partial charge >= 0.3 is 0 Å². The second kappa shape index (κ2) is 8.70. The summed E-state index contributed by atoms with van der Waals surface area (Å²) < 4.78 is 0. The van der Waals surface area contributed by atoms with Crippen LogP contribution >= 0.6 is 0 Å². The number of unbranched alkanes of at least 4 members (excludes halogenated alkanes) is 3. The molecule has 0 radical (unpaired) electrons. The molecular weight excluding hydrogens is 320 g/mol. The number of carbonyl (C=O) groups excluding carboxylic acids is 1. The van der Waals surface area contributed by atoms with Gasteiger partial charge in [-0.3, -0.25) is 4.79 Å². The smallest absolute Gasteiger partial charge is 0.227 e. The van der Waals surface area contributed by atoms with E-state index in [1.165, 1.54) is 12.8 Å². The van der Waals surface area contributed by atoms with Crippen LogP contribution in [0.25, 0.3) is 5.70 Å². The third-order valence-corrected chi connectivity index (χ3v) is 4.83. The zero-order valence-electron chi connectivity index (χ0n) is 15.7. The van der Waals surface area contributed by atoms with Crippen molar-refractivity contribution in [2.75, 3.05) is 10.2 Å². The molecule has 0 aliphatic carbocycles. The standard InChI is InChI=1S/C23H28N2O/c1-3-4-5-9-16-23(26)25-18(2)17-21(20-14-10-11-15-22(20)25)24-19-12-7-6-8-13-19/h6-8,10-15,17-18,24H,3-5,9,16H2,1-2H3. The molecule has 1 heterocycles. The molecule has 0 spiro atoms. The molecule has 0 aromatic heterocycles. The number of rotatable bonds is 7. The maximum absolute atomic E-state index is 12.9. The topological polar surface area (TPSA) is 32.3 Å². The molecule has 136 valence electrons. The molecule has 0 saturated heterocycles. The lowest BCUT2D eigenvalue weighted by molar-refractivity contribution is -0.119. The highest BCUT2D eigenvalue weighted by Gasteiger charge is 2.28. The second-order valence-electron chi connectivity index (χ2n) is 6.90. The van der Waals surface area contributed by atoms with Crippen molar-refractivity contribution in [3.8, 4) is 0 Å². The number of hydrogen-bond acceptors (Lipinski definition) is 2. The Balaban J connectivity index is 1.81. The molecule has 3 rings (SSSR count). The van der Waals surface area contributed by atoms with Gasteiger partial charge in [-0.05, 0) is 37.6 Å². The fraction of sp³-hybridized carbons (Fsp3) is 0.348. The zero-order valence-corrected chi connectivity index (χ0v) is 15.7. The van der Waals surface area contributed by atoms with Gasteiger partial charge < -0.3 is 10.2 Å². The molecule has 0 saturated carbocycles. The van der Waals surface area contributed by atoms with Gasteiger partial charge in [0.2, 0.25) is 5.91 Å². The highest BCUT2D eigenvalue weighted by Crippen LogP contribution is 2.35. The first-order valence-corrected chi connectivity index (χ1v) is 9.66. The van der Waals surface area contributed by atoms with Crippen molar-refractivity contribution in [1.82, 2.24) is 0 Å². The van der Waals surface area contributed by atoms with Crippen LogP contribution in [-0.2, 0) is 4.79 Å². The van der Waals surface area contributed by atoms with Gasteiger partial charge in [-0.15, -0.1) is 0 Å². The predicted molar refractivity (Wildman–Crippen MR) is 110 cm³/mol. The van der Waals surface area contributed by atoms with Crippen molar-refractivity contribution in [2.24, 2.45) is 0 Å². The van der Waals surface area contributed by atoms with E-state index in [0.717, 1.165) is 35.5 Å². The number of amides is 1. The van der Waals surface area contributed by atoms with E-state index in [-0.39, 0.29) is 11.9 Å². The Labute approximate surface area is 156 Å². The average Bonchev–Trinajstić information content (AvgIpc) is 2.66. The molecule has 2 aromatic rings. The largest absolute Gasteiger partial charge is 0.355 e. The summed E-state index contributed by atoms with van der Waals surface area (Å²) in [5, 5.41) is 3.51. The Bertz CT molecular complexity index is 767. The number of para-hydroxylation sites is 2. The monoisotopic (exact) mass is 348 g/mol. The van der Waals surface area contributed by atoms with Crippen molar-refractivity contribution >= 4 is 23.0 Å². The van der Waals surface area contributed by atoms with Crippen molar-refractivity contribution in [2.45, 2.75) is 52.0 Å². The van der Waals surface area contributed by atoms with Crippen LogP contribution in [0.5, 0.6) is 0 Å². The van der Waals surface area contributed by atoms with Gasteiger partial charge in [-0.25, -0.2) is 0 Å². The van der Waals surface area contributed by atoms with Crippen LogP contribution in [0.4, 0.5) is 11.4 Å². The maximum Gasteiger partial charge on any atom is 0.227 e. The number of hydrogen-bond donors (Lipinski definition) is 1. The van der Waals surface area contributed by atoms with E-state index in [0.29, 0.717) is 6.42 Å². The van der Waals surface area contributed by atoms with Crippen LogP contribution in [-0.4, -0.2) is 11.9 Å². The van der Waals surface area contributed by atoms with Crippen molar-refractivity contribution in [3.05, 3.63) is 66.2 Å². The summed E-state index contributed by atoms with van der Waals surface area (Å²) in [6, 6.07) is 18.4. The summed E-state index contributed by atoms with van der Waals surface area (Å²) in [4.78, 5) is 14.8. The van der Waals surface area contributed by atoms with Gasteiger partial charge in [-0.2, -0.15) is 0 Å². The van der Waals surface area contributed by atoms with Crippen LogP contribution in [0, 0.1) is 0 Å². The third kappa shape index (κ3) is 4.16. The van der Waals surface area contributed by atoms with Gasteiger partial charge in [-0.1, -0.05) is 62.6 Å². The molecule has 0 fully saturated rings. The number of fused-ring (bicyclic) bond motifs is 1. The van der Waals surface area contributed by atoms with E-state index in [2.05, 4.69) is 49.5 Å². The molecule has 1 aliphatic rings. The summed E-state index contributed by atoms with van der Waals surface area (Å²) >= 11 is 0. The summed E-state index contributed by atoms with van der Waals surface area (Å²) in [7, 11) is 0. The first-order chi connectivity index (χ1) is 12.7. The Hall–Kier alpha value is -2.55. The number of anilines is 2. The van der Waals surface area contributed by atoms with E-state index in [9.17, 15) is 4.79 Å². The lowest BCUT2D eigenvalue weighted by Crippen LogP contribution is -2.40. The van der Waals surface area contributed by atoms with Crippen molar-refractivity contribution in [3.63, 3.8) is 0 Å². The van der Waals surface area contributed by atoms with Crippen LogP contribution < -0.4 is 10.2 Å². The number of carbonyl (C=O) groups is 1. The van der Waals surface area contributed by atoms with E-state index in [1.807, 2.05) is 35.2 Å². The van der Waals surface area contributed by atoms with Gasteiger partial charge in [0.15, 0.2) is 0 Å². The summed E-state index contributed by atoms with van der Waals surface area (Å²) in [6.45, 7) is 4.28. The first kappa shape index (κ1) is 18.2. The number of benzene rings is 2. The number of nitrogens with one attached hydrogen (secondary N) is 1. The van der Waals surface area contributed by atoms with Crippen LogP contribution in [0.1, 0.15) is 51.5 Å². The van der Waals surface area contributed by atoms with Crippen LogP contribution in [0.2, 0.25) is 0 Å². The molecule has 3 nitrogen and oxygen atoms in total. The quantitative estimate of drug-likeness (QED) is 0.637. The fourth-order valence-electron chi connectivity index (χ4n) is 3.51. The van der Waals surface area contributed by atoms with Crippen LogP contribution in [0.15, 0.2) is 60.7 Å². The molecular formula is C23H28N2O. The maximum atomic E-state index is 12.9. The molecule has 2 aromatic carbocycles. The molecule has 1 aliphatic heterocycles. The zero-order chi connectivity index (χ0) is 18.4. The first-order valence-electron chi connectivity index (χ1n) is 9.66. The summed E-state index contributed by atoms with van der Waals surface area (Å²) in [5.74, 6) is 0.219.